The van der Waals surface area contributed by atoms with Gasteiger partial charge in [-0.25, -0.2) is 0 Å². The molecule has 2 N–H and O–H groups in total. The van der Waals surface area contributed by atoms with Crippen LogP contribution in [0.5, 0.6) is 0 Å². The van der Waals surface area contributed by atoms with Crippen LogP contribution < -0.4 is 10.2 Å². The topological polar surface area (TPSA) is 108 Å². The van der Waals surface area contributed by atoms with E-state index in [0.29, 0.717) is 23.9 Å². The predicted octanol–water partition coefficient (Wildman–Crippen LogP) is 15.9. The molecule has 0 aliphatic rings. The molecule has 9 heteroatoms. The largest absolute Gasteiger partial charge is 0.756 e. The van der Waals surface area contributed by atoms with E-state index in [4.69, 9.17) is 9.05 Å². The molecule has 0 aliphatic heterocycles. The number of quaternary nitrogens is 1. The van der Waals surface area contributed by atoms with Gasteiger partial charge in [0.05, 0.1) is 39.9 Å². The first-order valence-electron chi connectivity index (χ1n) is 27.9. The molecule has 0 aromatic heterocycles. The Labute approximate surface area is 393 Å². The normalized spacial score (nSPS) is 14.0. The number of hydrogen-bond donors (Lipinski definition) is 2. The maximum atomic E-state index is 13.0. The summed E-state index contributed by atoms with van der Waals surface area (Å²) < 4.78 is 23.4. The SMILES string of the molecule is CCCCCCCCCCCCCCCCCCCCCCCCC(=O)NC(COP(=O)([O-])OCC[N+](C)(C)C)C(O)CCCCCCCCCCCCCCCCCCCCC. The molecule has 3 unspecified atom stereocenters. The highest BCUT2D eigenvalue weighted by molar-refractivity contribution is 7.45. The van der Waals surface area contributed by atoms with Crippen LogP contribution in [0.15, 0.2) is 0 Å². The summed E-state index contributed by atoms with van der Waals surface area (Å²) in [5, 5.41) is 14.0. The number of rotatable bonds is 52. The Bertz CT molecular complexity index is 994. The number of amides is 1. The number of carbonyl (C=O) groups is 1. The van der Waals surface area contributed by atoms with Crippen LogP contribution in [-0.2, 0) is 18.4 Å². The van der Waals surface area contributed by atoms with Gasteiger partial charge in [0.25, 0.3) is 7.82 Å². The summed E-state index contributed by atoms with van der Waals surface area (Å²) >= 11 is 0. The van der Waals surface area contributed by atoms with Gasteiger partial charge in [-0.15, -0.1) is 0 Å². The second-order valence-corrected chi connectivity index (χ2v) is 22.1. The third-order valence-electron chi connectivity index (χ3n) is 13.1. The average Bonchev–Trinajstić information content (AvgIpc) is 3.24. The molecule has 0 saturated heterocycles. The van der Waals surface area contributed by atoms with Gasteiger partial charge >= 0.3 is 0 Å². The lowest BCUT2D eigenvalue weighted by molar-refractivity contribution is -0.870. The van der Waals surface area contributed by atoms with E-state index in [1.54, 1.807) is 0 Å². The van der Waals surface area contributed by atoms with Crippen molar-refractivity contribution in [2.75, 3.05) is 40.9 Å². The van der Waals surface area contributed by atoms with E-state index in [-0.39, 0.29) is 19.1 Å². The fraction of sp³-hybridized carbons (Fsp3) is 0.981. The van der Waals surface area contributed by atoms with Crippen molar-refractivity contribution in [1.29, 1.82) is 0 Å². The molecule has 3 atom stereocenters. The number of unbranched alkanes of at least 4 members (excludes halogenated alkanes) is 39. The molecule has 0 saturated carbocycles. The number of aliphatic hydroxyl groups excluding tert-OH is 1. The summed E-state index contributed by atoms with van der Waals surface area (Å²) in [5.41, 5.74) is 0. The Balaban J connectivity index is 4.15. The second-order valence-electron chi connectivity index (χ2n) is 20.7. The van der Waals surface area contributed by atoms with E-state index in [2.05, 4.69) is 19.2 Å². The van der Waals surface area contributed by atoms with Crippen LogP contribution in [0, 0.1) is 0 Å². The fourth-order valence-electron chi connectivity index (χ4n) is 8.69. The Hall–Kier alpha value is -0.500. The van der Waals surface area contributed by atoms with Gasteiger partial charge in [0.2, 0.25) is 5.91 Å². The molecule has 0 aliphatic carbocycles. The van der Waals surface area contributed by atoms with Gasteiger partial charge in [0.1, 0.15) is 13.2 Å². The van der Waals surface area contributed by atoms with E-state index in [1.165, 1.54) is 225 Å². The van der Waals surface area contributed by atoms with E-state index in [0.717, 1.165) is 38.5 Å². The molecule has 0 aromatic carbocycles. The first kappa shape index (κ1) is 62.5. The molecule has 0 radical (unpaired) electrons. The number of phosphoric acid groups is 1. The lowest BCUT2D eigenvalue weighted by Crippen LogP contribution is -2.46. The molecule has 0 heterocycles. The molecule has 63 heavy (non-hydrogen) atoms. The van der Waals surface area contributed by atoms with Gasteiger partial charge < -0.3 is 28.8 Å². The van der Waals surface area contributed by atoms with Crippen molar-refractivity contribution in [1.82, 2.24) is 5.32 Å². The maximum Gasteiger partial charge on any atom is 0.268 e. The van der Waals surface area contributed by atoms with Crippen molar-refractivity contribution in [3.05, 3.63) is 0 Å². The van der Waals surface area contributed by atoms with Gasteiger partial charge in [-0.05, 0) is 12.8 Å². The third kappa shape index (κ3) is 49.2. The Kier molecular flexibility index (Phi) is 46.2. The lowest BCUT2D eigenvalue weighted by atomic mass is 10.0. The van der Waals surface area contributed by atoms with E-state index >= 15 is 0 Å². The second kappa shape index (κ2) is 46.6. The van der Waals surface area contributed by atoms with Crippen LogP contribution in [0.1, 0.15) is 290 Å². The Morgan fingerprint density at radius 1 is 0.492 bits per heavy atom. The quantitative estimate of drug-likeness (QED) is 0.0357. The van der Waals surface area contributed by atoms with Crippen molar-refractivity contribution in [2.24, 2.45) is 0 Å². The van der Waals surface area contributed by atoms with E-state index < -0.39 is 20.0 Å². The van der Waals surface area contributed by atoms with Crippen molar-refractivity contribution in [3.8, 4) is 0 Å². The summed E-state index contributed by atoms with van der Waals surface area (Å²) in [6.07, 6.45) is 54.1. The molecule has 378 valence electrons. The van der Waals surface area contributed by atoms with Crippen LogP contribution in [-0.4, -0.2) is 68.5 Å². The molecule has 0 spiro atoms. The minimum Gasteiger partial charge on any atom is -0.756 e. The van der Waals surface area contributed by atoms with Crippen molar-refractivity contribution in [2.45, 2.75) is 302 Å². The molecule has 8 nitrogen and oxygen atoms in total. The monoisotopic (exact) mass is 915 g/mol. The number of nitrogens with zero attached hydrogens (tertiary/aromatic N) is 1. The highest BCUT2D eigenvalue weighted by Gasteiger charge is 2.24. The van der Waals surface area contributed by atoms with Crippen LogP contribution in [0.4, 0.5) is 0 Å². The molecular formula is C54H111N2O6P. The van der Waals surface area contributed by atoms with Crippen LogP contribution in [0.25, 0.3) is 0 Å². The first-order valence-corrected chi connectivity index (χ1v) is 29.3. The number of carbonyl (C=O) groups excluding carboxylic acids is 1. The molecule has 1 amide bonds. The zero-order valence-corrected chi connectivity index (χ0v) is 44.0. The predicted molar refractivity (Wildman–Crippen MR) is 270 cm³/mol. The Morgan fingerprint density at radius 2 is 0.778 bits per heavy atom. The first-order chi connectivity index (χ1) is 30.5. The number of nitrogens with one attached hydrogen (secondary N) is 1. The molecular weight excluding hydrogens is 804 g/mol. The van der Waals surface area contributed by atoms with Gasteiger partial charge in [-0.2, -0.15) is 0 Å². The smallest absolute Gasteiger partial charge is 0.268 e. The zero-order chi connectivity index (χ0) is 46.4. The minimum absolute atomic E-state index is 0.0166. The standard InChI is InChI=1S/C54H111N2O6P/c1-6-8-10-12-14-16-18-20-22-24-26-27-28-30-32-34-36-38-40-42-44-46-48-54(58)55-52(51-62-63(59,60)61-50-49-56(3,4)5)53(57)47-45-43-41-39-37-35-33-31-29-25-23-21-19-17-15-13-11-9-7-2/h52-53,57H,6-51H2,1-5H3,(H-,55,58,59,60). The van der Waals surface area contributed by atoms with E-state index in [9.17, 15) is 19.4 Å². The van der Waals surface area contributed by atoms with Gasteiger partial charge in [-0.3, -0.25) is 9.36 Å². The Morgan fingerprint density at radius 3 is 1.08 bits per heavy atom. The minimum atomic E-state index is -4.57. The van der Waals surface area contributed by atoms with Gasteiger partial charge in [0, 0.05) is 6.42 Å². The molecule has 0 bridgehead atoms. The third-order valence-corrected chi connectivity index (χ3v) is 14.1. The number of hydrogen-bond acceptors (Lipinski definition) is 6. The zero-order valence-electron chi connectivity index (χ0n) is 43.1. The highest BCUT2D eigenvalue weighted by atomic mass is 31.2. The summed E-state index contributed by atoms with van der Waals surface area (Å²) in [7, 11) is 1.32. The summed E-state index contributed by atoms with van der Waals surface area (Å²) in [5.74, 6) is -0.157. The number of likely N-dealkylation sites (N-methyl/N-ethyl adjacent to an activating group) is 1. The number of phosphoric ester groups is 1. The fourth-order valence-corrected chi connectivity index (χ4v) is 9.41. The summed E-state index contributed by atoms with van der Waals surface area (Å²) in [6.45, 7) is 4.78. The van der Waals surface area contributed by atoms with E-state index in [1.807, 2.05) is 21.1 Å². The highest BCUT2D eigenvalue weighted by Crippen LogP contribution is 2.38. The van der Waals surface area contributed by atoms with Gasteiger partial charge in [0.15, 0.2) is 0 Å². The van der Waals surface area contributed by atoms with Gasteiger partial charge in [-0.1, -0.05) is 271 Å². The molecule has 0 rings (SSSR count). The maximum absolute atomic E-state index is 13.0. The molecule has 0 fully saturated rings. The summed E-state index contributed by atoms with van der Waals surface area (Å²) in [6, 6.07) is -0.794. The average molecular weight is 915 g/mol. The van der Waals surface area contributed by atoms with Crippen LogP contribution in [0.3, 0.4) is 0 Å². The van der Waals surface area contributed by atoms with Crippen molar-refractivity contribution < 1.29 is 32.9 Å². The summed E-state index contributed by atoms with van der Waals surface area (Å²) in [4.78, 5) is 25.5. The van der Waals surface area contributed by atoms with Crippen molar-refractivity contribution in [3.63, 3.8) is 0 Å². The molecule has 0 aromatic rings. The van der Waals surface area contributed by atoms with Crippen LogP contribution in [0.2, 0.25) is 0 Å². The van der Waals surface area contributed by atoms with Crippen LogP contribution >= 0.6 is 7.82 Å². The van der Waals surface area contributed by atoms with Crippen molar-refractivity contribution >= 4 is 13.7 Å². The lowest BCUT2D eigenvalue weighted by Gasteiger charge is -2.30. The number of aliphatic hydroxyl groups is 1.